The second-order valence-electron chi connectivity index (χ2n) is 13.2. The molecule has 0 radical (unpaired) electrons. The Morgan fingerprint density at radius 2 is 1.23 bits per heavy atom. The van der Waals surface area contributed by atoms with Gasteiger partial charge >= 0.3 is 0 Å². The molecule has 5 aromatic carbocycles. The van der Waals surface area contributed by atoms with Crippen LogP contribution in [0, 0.1) is 0 Å². The van der Waals surface area contributed by atoms with Gasteiger partial charge in [-0.1, -0.05) is 54.6 Å². The molecule has 7 rings (SSSR count). The molecule has 1 fully saturated rings. The Morgan fingerprint density at radius 3 is 1.73 bits per heavy atom. The SMILES string of the molecule is COc1ccc(CN(Cc2ccc(OC)cc2)S(=O)(=O)c2c(Br)ccc(-c3ccc(NS(=O)(=O)C4CC4)cc3)c2-c2nnn(Cc3ccc(OC)cc3)n2)cc1. The minimum absolute atomic E-state index is 0.0297. The molecule has 0 unspecified atom stereocenters. The van der Waals surface area contributed by atoms with Gasteiger partial charge in [0.2, 0.25) is 25.9 Å². The molecule has 0 bridgehead atoms. The third kappa shape index (κ3) is 8.73. The summed E-state index contributed by atoms with van der Waals surface area (Å²) in [6.45, 7) is 0.323. The maximum Gasteiger partial charge on any atom is 0.245 e. The van der Waals surface area contributed by atoms with E-state index in [2.05, 4.69) is 31.0 Å². The van der Waals surface area contributed by atoms with Crippen molar-refractivity contribution in [2.75, 3.05) is 26.1 Å². The highest BCUT2D eigenvalue weighted by Gasteiger charge is 2.36. The van der Waals surface area contributed by atoms with Gasteiger partial charge in [-0.05, 0) is 116 Å². The van der Waals surface area contributed by atoms with Crippen LogP contribution >= 0.6 is 15.9 Å². The molecule has 1 aliphatic rings. The molecule has 0 atom stereocenters. The number of halogens is 1. The van der Waals surface area contributed by atoms with E-state index in [9.17, 15) is 8.42 Å². The van der Waals surface area contributed by atoms with Gasteiger partial charge in [0.05, 0.1) is 38.7 Å². The van der Waals surface area contributed by atoms with Crippen LogP contribution in [0.5, 0.6) is 17.2 Å². The van der Waals surface area contributed by atoms with Crippen molar-refractivity contribution in [3.8, 4) is 39.8 Å². The zero-order valence-electron chi connectivity index (χ0n) is 30.8. The van der Waals surface area contributed by atoms with Crippen LogP contribution in [0.4, 0.5) is 5.69 Å². The Hall–Kier alpha value is -5.29. The van der Waals surface area contributed by atoms with Crippen molar-refractivity contribution in [2.24, 2.45) is 0 Å². The molecule has 6 aromatic rings. The van der Waals surface area contributed by atoms with Gasteiger partial charge in [-0.15, -0.1) is 10.2 Å². The van der Waals surface area contributed by atoms with E-state index in [1.165, 1.54) is 9.10 Å². The molecule has 13 nitrogen and oxygen atoms in total. The average Bonchev–Trinajstić information content (AvgIpc) is 3.98. The van der Waals surface area contributed by atoms with Crippen LogP contribution in [0.15, 0.2) is 119 Å². The van der Waals surface area contributed by atoms with Crippen molar-refractivity contribution in [2.45, 2.75) is 42.6 Å². The molecule has 290 valence electrons. The predicted octanol–water partition coefficient (Wildman–Crippen LogP) is 7.14. The van der Waals surface area contributed by atoms with E-state index in [0.29, 0.717) is 51.4 Å². The summed E-state index contributed by atoms with van der Waals surface area (Å²) in [7, 11) is -3.11. The van der Waals surface area contributed by atoms with Crippen LogP contribution in [-0.2, 0) is 39.7 Å². The summed E-state index contributed by atoms with van der Waals surface area (Å²) >= 11 is 3.59. The first-order valence-corrected chi connectivity index (χ1v) is 21.4. The van der Waals surface area contributed by atoms with Gasteiger partial charge in [-0.25, -0.2) is 16.8 Å². The molecule has 0 spiro atoms. The van der Waals surface area contributed by atoms with Crippen molar-refractivity contribution < 1.29 is 31.0 Å². The number of hydrogen-bond donors (Lipinski definition) is 1. The third-order valence-corrected chi connectivity index (χ3v) is 14.0. The summed E-state index contributed by atoms with van der Waals surface area (Å²) in [5, 5.41) is 13.1. The van der Waals surface area contributed by atoms with Crippen molar-refractivity contribution >= 4 is 41.7 Å². The zero-order valence-corrected chi connectivity index (χ0v) is 34.0. The van der Waals surface area contributed by atoms with E-state index in [-0.39, 0.29) is 35.9 Å². The number of anilines is 1. The Balaban J connectivity index is 1.35. The molecule has 0 saturated heterocycles. The molecule has 0 amide bonds. The summed E-state index contributed by atoms with van der Waals surface area (Å²) in [5.74, 6) is 2.08. The number of nitrogens with one attached hydrogen (secondary N) is 1. The number of hydrogen-bond acceptors (Lipinski definition) is 10. The van der Waals surface area contributed by atoms with Crippen LogP contribution in [-0.4, -0.2) is 67.9 Å². The lowest BCUT2D eigenvalue weighted by Crippen LogP contribution is -2.31. The van der Waals surface area contributed by atoms with Crippen molar-refractivity contribution in [1.29, 1.82) is 0 Å². The lowest BCUT2D eigenvalue weighted by molar-refractivity contribution is 0.397. The second-order valence-corrected chi connectivity index (χ2v) is 17.9. The first kappa shape index (κ1) is 39.0. The van der Waals surface area contributed by atoms with Crippen LogP contribution in [0.3, 0.4) is 0 Å². The van der Waals surface area contributed by atoms with Gasteiger partial charge in [-0.2, -0.15) is 9.10 Å². The summed E-state index contributed by atoms with van der Waals surface area (Å²) in [6.07, 6.45) is 1.26. The molecule has 16 heteroatoms. The van der Waals surface area contributed by atoms with E-state index < -0.39 is 25.3 Å². The minimum atomic E-state index is -4.36. The number of benzene rings is 5. The molecular formula is C40H39BrN6O7S2. The van der Waals surface area contributed by atoms with Crippen molar-refractivity contribution in [3.63, 3.8) is 0 Å². The molecule has 1 aliphatic carbocycles. The number of nitrogens with zero attached hydrogens (tertiary/aromatic N) is 5. The van der Waals surface area contributed by atoms with E-state index in [1.54, 1.807) is 82.0 Å². The fourth-order valence-corrected chi connectivity index (χ4v) is 10.1. The molecule has 1 saturated carbocycles. The van der Waals surface area contributed by atoms with Gasteiger partial charge in [0.25, 0.3) is 0 Å². The topological polar surface area (TPSA) is 155 Å². The highest BCUT2D eigenvalue weighted by Crippen LogP contribution is 2.42. The van der Waals surface area contributed by atoms with E-state index in [1.807, 2.05) is 48.5 Å². The first-order valence-electron chi connectivity index (χ1n) is 17.6. The molecule has 1 heterocycles. The highest BCUT2D eigenvalue weighted by molar-refractivity contribution is 9.10. The van der Waals surface area contributed by atoms with Gasteiger partial charge < -0.3 is 14.2 Å². The Labute approximate surface area is 334 Å². The Morgan fingerprint density at radius 1 is 0.714 bits per heavy atom. The maximum absolute atomic E-state index is 15.3. The largest absolute Gasteiger partial charge is 0.497 e. The number of ether oxygens (including phenoxy) is 3. The van der Waals surface area contributed by atoms with Gasteiger partial charge in [-0.3, -0.25) is 4.72 Å². The average molecular weight is 860 g/mol. The van der Waals surface area contributed by atoms with Crippen LogP contribution in [0.2, 0.25) is 0 Å². The molecule has 1 N–H and O–H groups in total. The third-order valence-electron chi connectivity index (χ3n) is 9.32. The molecule has 56 heavy (non-hydrogen) atoms. The van der Waals surface area contributed by atoms with Crippen LogP contribution in [0.1, 0.15) is 29.5 Å². The van der Waals surface area contributed by atoms with E-state index in [0.717, 1.165) is 16.7 Å². The Kier molecular flexibility index (Phi) is 11.4. The lowest BCUT2D eigenvalue weighted by atomic mass is 9.99. The van der Waals surface area contributed by atoms with Crippen LogP contribution in [0.25, 0.3) is 22.5 Å². The number of aromatic nitrogens is 4. The fraction of sp³-hybridized carbons (Fsp3) is 0.225. The van der Waals surface area contributed by atoms with Crippen molar-refractivity contribution in [3.05, 3.63) is 130 Å². The predicted molar refractivity (Wildman–Crippen MR) is 216 cm³/mol. The minimum Gasteiger partial charge on any atom is -0.497 e. The lowest BCUT2D eigenvalue weighted by Gasteiger charge is -2.25. The van der Waals surface area contributed by atoms with Crippen LogP contribution < -0.4 is 18.9 Å². The molecular weight excluding hydrogens is 821 g/mol. The number of sulfonamides is 2. The quantitative estimate of drug-likeness (QED) is 0.106. The highest BCUT2D eigenvalue weighted by atomic mass is 79.9. The zero-order chi connectivity index (χ0) is 39.5. The first-order chi connectivity index (χ1) is 27.0. The maximum atomic E-state index is 15.3. The summed E-state index contributed by atoms with van der Waals surface area (Å²) in [6, 6.07) is 32.1. The monoisotopic (exact) mass is 858 g/mol. The molecule has 0 aliphatic heterocycles. The summed E-state index contributed by atoms with van der Waals surface area (Å²) in [4.78, 5) is 1.35. The second kappa shape index (κ2) is 16.4. The summed E-state index contributed by atoms with van der Waals surface area (Å²) < 4.78 is 76.3. The van der Waals surface area contributed by atoms with E-state index >= 15 is 8.42 Å². The molecule has 1 aromatic heterocycles. The van der Waals surface area contributed by atoms with Gasteiger partial charge in [0.15, 0.2) is 0 Å². The fourth-order valence-electron chi connectivity index (χ4n) is 6.14. The van der Waals surface area contributed by atoms with E-state index in [4.69, 9.17) is 19.3 Å². The summed E-state index contributed by atoms with van der Waals surface area (Å²) in [5.41, 5.74) is 4.10. The Bertz CT molecular complexity index is 2480. The van der Waals surface area contributed by atoms with Crippen molar-refractivity contribution in [1.82, 2.24) is 24.5 Å². The number of methoxy groups -OCH3 is 3. The van der Waals surface area contributed by atoms with Gasteiger partial charge in [0, 0.05) is 23.2 Å². The number of rotatable bonds is 16. The normalized spacial score (nSPS) is 13.1. The number of tetrazole rings is 1. The smallest absolute Gasteiger partial charge is 0.245 e. The standard InChI is InChI=1S/C40H39BrN6O7S2/c1-52-32-14-4-27(5-15-32)24-46(25-28-6-16-33(53-2)17-7-28)56(50,51)39-37(41)23-22-36(30-10-12-31(13-11-30)44-55(48,49)35-20-21-35)38(39)40-42-45-47(43-40)26-29-8-18-34(54-3)19-9-29/h4-19,22-23,35,44H,20-21,24-26H2,1-3H3. The van der Waals surface area contributed by atoms with Gasteiger partial charge in [0.1, 0.15) is 22.1 Å².